The van der Waals surface area contributed by atoms with Gasteiger partial charge in [0.25, 0.3) is 5.56 Å². The first-order valence-electron chi connectivity index (χ1n) is 5.72. The fourth-order valence-electron chi connectivity index (χ4n) is 1.58. The fraction of sp³-hybridized carbons (Fsp3) is 0. The van der Waals surface area contributed by atoms with E-state index in [2.05, 4.69) is 19.9 Å². The van der Waals surface area contributed by atoms with Crippen LogP contribution in [0.15, 0.2) is 32.7 Å². The van der Waals surface area contributed by atoms with E-state index in [0.717, 1.165) is 10.6 Å². The molecule has 3 aromatic rings. The van der Waals surface area contributed by atoms with Crippen molar-refractivity contribution in [3.05, 3.63) is 43.6 Å². The molecule has 0 spiro atoms. The normalized spacial score (nSPS) is 11.2. The van der Waals surface area contributed by atoms with Crippen molar-refractivity contribution in [2.45, 2.75) is 0 Å². The average Bonchev–Trinajstić information content (AvgIpc) is 3.08. The Bertz CT molecular complexity index is 905. The maximum Gasteiger partial charge on any atom is 0.264 e. The van der Waals surface area contributed by atoms with Crippen molar-refractivity contribution in [3.63, 3.8) is 0 Å². The van der Waals surface area contributed by atoms with E-state index in [9.17, 15) is 9.90 Å². The van der Waals surface area contributed by atoms with E-state index >= 15 is 0 Å². The first kappa shape index (κ1) is 13.9. The Balaban J connectivity index is 1.91. The van der Waals surface area contributed by atoms with Crippen molar-refractivity contribution in [1.29, 1.82) is 0 Å². The van der Waals surface area contributed by atoms with Gasteiger partial charge < -0.3 is 10.1 Å². The number of H-pyrrole nitrogens is 2. The summed E-state index contributed by atoms with van der Waals surface area (Å²) in [5.41, 5.74) is 0.347. The first-order valence-corrected chi connectivity index (χ1v) is 7.89. The summed E-state index contributed by atoms with van der Waals surface area (Å²) < 4.78 is 0.0591. The zero-order valence-corrected chi connectivity index (χ0v) is 12.8. The molecule has 106 valence electrons. The highest BCUT2D eigenvalue weighted by molar-refractivity contribution is 7.71. The molecule has 0 amide bonds. The SMILES string of the molecule is O=c1[nH]c(=S)[nH]c(O)c1C=Nc1nc(-c2cccs2)cs1. The molecule has 3 N–H and O–H groups in total. The van der Waals surface area contributed by atoms with Gasteiger partial charge in [0.1, 0.15) is 5.56 Å². The number of thiophene rings is 1. The maximum absolute atomic E-state index is 11.7. The van der Waals surface area contributed by atoms with Gasteiger partial charge in [-0.3, -0.25) is 9.78 Å². The van der Waals surface area contributed by atoms with Crippen LogP contribution < -0.4 is 5.56 Å². The van der Waals surface area contributed by atoms with Crippen molar-refractivity contribution < 1.29 is 5.11 Å². The summed E-state index contributed by atoms with van der Waals surface area (Å²) >= 11 is 7.69. The predicted molar refractivity (Wildman–Crippen MR) is 86.6 cm³/mol. The Morgan fingerprint density at radius 2 is 2.24 bits per heavy atom. The van der Waals surface area contributed by atoms with Crippen LogP contribution in [0.3, 0.4) is 0 Å². The summed E-state index contributed by atoms with van der Waals surface area (Å²) in [6.07, 6.45) is 1.26. The average molecular weight is 336 g/mol. The molecule has 3 heterocycles. The van der Waals surface area contributed by atoms with Gasteiger partial charge in [-0.05, 0) is 23.7 Å². The number of aromatic nitrogens is 3. The number of rotatable bonds is 3. The number of hydrogen-bond donors (Lipinski definition) is 3. The molecule has 21 heavy (non-hydrogen) atoms. The molecule has 3 rings (SSSR count). The number of thiazole rings is 1. The van der Waals surface area contributed by atoms with E-state index < -0.39 is 5.56 Å². The minimum atomic E-state index is -0.505. The molecule has 0 saturated carbocycles. The Hall–Kier alpha value is -2.10. The van der Waals surface area contributed by atoms with Crippen LogP contribution in [0.25, 0.3) is 10.6 Å². The van der Waals surface area contributed by atoms with Gasteiger partial charge in [-0.2, -0.15) is 0 Å². The zero-order valence-electron chi connectivity index (χ0n) is 10.4. The Morgan fingerprint density at radius 3 is 2.95 bits per heavy atom. The van der Waals surface area contributed by atoms with Crippen molar-refractivity contribution in [1.82, 2.24) is 15.0 Å². The third-order valence-corrected chi connectivity index (χ3v) is 4.37. The Labute approximate surface area is 131 Å². The fourth-order valence-corrected chi connectivity index (χ4v) is 3.20. The summed E-state index contributed by atoms with van der Waals surface area (Å²) in [6.45, 7) is 0. The smallest absolute Gasteiger partial charge is 0.264 e. The molecule has 6 nitrogen and oxygen atoms in total. The van der Waals surface area contributed by atoms with Crippen LogP contribution in [0.5, 0.6) is 5.88 Å². The number of hydrogen-bond acceptors (Lipinski definition) is 7. The lowest BCUT2D eigenvalue weighted by Crippen LogP contribution is -2.13. The van der Waals surface area contributed by atoms with E-state index in [4.69, 9.17) is 12.2 Å². The number of nitrogens with zero attached hydrogens (tertiary/aromatic N) is 2. The van der Waals surface area contributed by atoms with Crippen LogP contribution in [0.4, 0.5) is 5.13 Å². The molecule has 0 aliphatic carbocycles. The summed E-state index contributed by atoms with van der Waals surface area (Å²) in [7, 11) is 0. The minimum absolute atomic E-state index is 0.0106. The van der Waals surface area contributed by atoms with Crippen molar-refractivity contribution in [2.24, 2.45) is 4.99 Å². The highest BCUT2D eigenvalue weighted by atomic mass is 32.1. The second-order valence-corrected chi connectivity index (χ2v) is 6.11. The van der Waals surface area contributed by atoms with E-state index in [1.54, 1.807) is 11.3 Å². The molecule has 0 aliphatic rings. The molecule has 0 unspecified atom stereocenters. The van der Waals surface area contributed by atoms with E-state index in [1.165, 1.54) is 17.6 Å². The number of nitrogens with one attached hydrogen (secondary N) is 2. The van der Waals surface area contributed by atoms with Gasteiger partial charge in [-0.15, -0.1) is 22.7 Å². The predicted octanol–water partition coefficient (Wildman–Crippen LogP) is 3.07. The van der Waals surface area contributed by atoms with E-state index in [0.29, 0.717) is 5.13 Å². The summed E-state index contributed by atoms with van der Waals surface area (Å²) in [5, 5.41) is 14.0. The highest BCUT2D eigenvalue weighted by Crippen LogP contribution is 2.29. The van der Waals surface area contributed by atoms with Gasteiger partial charge in [0.15, 0.2) is 4.77 Å². The standard InChI is InChI=1S/C12H8N4O2S3/c17-9-6(10(18)16-11(19)15-9)4-13-12-14-7(5-21-12)8-2-1-3-20-8/h1-5H,(H3,15,16,17,18,19). The second kappa shape index (κ2) is 5.72. The van der Waals surface area contributed by atoms with Crippen LogP contribution in [0.2, 0.25) is 0 Å². The molecule has 9 heteroatoms. The molecule has 0 fully saturated rings. The van der Waals surface area contributed by atoms with Gasteiger partial charge in [-0.1, -0.05) is 6.07 Å². The summed E-state index contributed by atoms with van der Waals surface area (Å²) in [6, 6.07) is 3.92. The first-order chi connectivity index (χ1) is 10.1. The quantitative estimate of drug-likeness (QED) is 0.506. The van der Waals surface area contributed by atoms with Crippen molar-refractivity contribution in [2.75, 3.05) is 0 Å². The lowest BCUT2D eigenvalue weighted by atomic mass is 10.3. The van der Waals surface area contributed by atoms with Crippen LogP contribution >= 0.6 is 34.9 Å². The van der Waals surface area contributed by atoms with Crippen molar-refractivity contribution in [3.8, 4) is 16.5 Å². The monoisotopic (exact) mass is 336 g/mol. The second-order valence-electron chi connectivity index (χ2n) is 3.92. The van der Waals surface area contributed by atoms with Gasteiger partial charge in [0.2, 0.25) is 11.0 Å². The van der Waals surface area contributed by atoms with Crippen molar-refractivity contribution >= 4 is 46.2 Å². The molecule has 0 aliphatic heterocycles. The topological polar surface area (TPSA) is 94.1 Å². The van der Waals surface area contributed by atoms with Crippen LogP contribution in [0, 0.1) is 4.77 Å². The minimum Gasteiger partial charge on any atom is -0.494 e. The third-order valence-electron chi connectivity index (χ3n) is 2.53. The Morgan fingerprint density at radius 1 is 1.38 bits per heavy atom. The van der Waals surface area contributed by atoms with Crippen LogP contribution in [-0.2, 0) is 0 Å². The molecule has 0 atom stereocenters. The Kier molecular flexibility index (Phi) is 3.78. The molecule has 0 bridgehead atoms. The highest BCUT2D eigenvalue weighted by Gasteiger charge is 2.07. The molecular weight excluding hydrogens is 328 g/mol. The number of aliphatic imine (C=N–C) groups is 1. The summed E-state index contributed by atoms with van der Waals surface area (Å²) in [5.74, 6) is -0.317. The maximum atomic E-state index is 11.7. The van der Waals surface area contributed by atoms with Gasteiger partial charge in [-0.25, -0.2) is 9.98 Å². The third kappa shape index (κ3) is 2.99. The lowest BCUT2D eigenvalue weighted by Gasteiger charge is -1.96. The molecule has 0 radical (unpaired) electrons. The van der Waals surface area contributed by atoms with Crippen LogP contribution in [0.1, 0.15) is 5.56 Å². The largest absolute Gasteiger partial charge is 0.494 e. The van der Waals surface area contributed by atoms with E-state index in [-0.39, 0.29) is 16.2 Å². The van der Waals surface area contributed by atoms with E-state index in [1.807, 2.05) is 22.9 Å². The molecule has 3 aromatic heterocycles. The van der Waals surface area contributed by atoms with Gasteiger partial charge in [0.05, 0.1) is 10.6 Å². The van der Waals surface area contributed by atoms with Gasteiger partial charge in [0, 0.05) is 11.6 Å². The van der Waals surface area contributed by atoms with Gasteiger partial charge >= 0.3 is 0 Å². The zero-order chi connectivity index (χ0) is 14.8. The molecular formula is C12H8N4O2S3. The summed E-state index contributed by atoms with van der Waals surface area (Å²) in [4.78, 5) is 26.0. The van der Waals surface area contributed by atoms with Crippen LogP contribution in [-0.4, -0.2) is 26.3 Å². The number of aromatic hydroxyl groups is 1. The molecule has 0 saturated heterocycles. The number of aromatic amines is 2. The molecule has 0 aromatic carbocycles. The lowest BCUT2D eigenvalue weighted by molar-refractivity contribution is 0.449.